The standard InChI is InChI=1S/C16H16F2NO5P/c1-22-16(20)10-19-11-25(21,23-14-6-2-12(17)3-7-14)24-15-8-4-13(18)5-9-15/h2-9,19H,10-11H2,1H3. The smallest absolute Gasteiger partial charge is 0.444 e. The number of rotatable bonds is 8. The van der Waals surface area contributed by atoms with E-state index in [1.165, 1.54) is 31.4 Å². The van der Waals surface area contributed by atoms with Crippen molar-refractivity contribution in [3.8, 4) is 11.5 Å². The Kier molecular flexibility index (Phi) is 6.50. The van der Waals surface area contributed by atoms with Gasteiger partial charge in [0.15, 0.2) is 0 Å². The second-order valence-corrected chi connectivity index (χ2v) is 6.77. The van der Waals surface area contributed by atoms with E-state index in [2.05, 4.69) is 10.1 Å². The van der Waals surface area contributed by atoms with Gasteiger partial charge in [0, 0.05) is 0 Å². The van der Waals surface area contributed by atoms with Crippen molar-refractivity contribution in [1.29, 1.82) is 0 Å². The van der Waals surface area contributed by atoms with E-state index >= 15 is 0 Å². The fourth-order valence-corrected chi connectivity index (χ4v) is 3.20. The molecule has 0 radical (unpaired) electrons. The third-order valence-electron chi connectivity index (χ3n) is 2.92. The van der Waals surface area contributed by atoms with Crippen molar-refractivity contribution in [3.63, 3.8) is 0 Å². The van der Waals surface area contributed by atoms with Gasteiger partial charge < -0.3 is 13.8 Å². The van der Waals surface area contributed by atoms with E-state index in [-0.39, 0.29) is 24.3 Å². The van der Waals surface area contributed by atoms with E-state index < -0.39 is 25.2 Å². The van der Waals surface area contributed by atoms with E-state index in [0.29, 0.717) is 0 Å². The average Bonchev–Trinajstić information content (AvgIpc) is 2.59. The Labute approximate surface area is 143 Å². The van der Waals surface area contributed by atoms with E-state index in [1.54, 1.807) is 0 Å². The van der Waals surface area contributed by atoms with Crippen LogP contribution in [-0.2, 0) is 14.1 Å². The molecule has 0 unspecified atom stereocenters. The Balaban J connectivity index is 2.13. The maximum atomic E-state index is 13.0. The van der Waals surface area contributed by atoms with Gasteiger partial charge in [0.1, 0.15) is 29.4 Å². The number of benzene rings is 2. The van der Waals surface area contributed by atoms with Gasteiger partial charge in [0.05, 0.1) is 13.7 Å². The number of carbonyl (C=O) groups is 1. The molecule has 2 aromatic rings. The van der Waals surface area contributed by atoms with Crippen LogP contribution in [0.1, 0.15) is 0 Å². The quantitative estimate of drug-likeness (QED) is 0.567. The summed E-state index contributed by atoms with van der Waals surface area (Å²) in [4.78, 5) is 11.1. The molecule has 9 heteroatoms. The number of ether oxygens (including phenoxy) is 1. The first-order valence-corrected chi connectivity index (χ1v) is 8.90. The topological polar surface area (TPSA) is 73.9 Å². The molecule has 2 aromatic carbocycles. The fourth-order valence-electron chi connectivity index (χ4n) is 1.76. The third-order valence-corrected chi connectivity index (χ3v) is 4.51. The highest BCUT2D eigenvalue weighted by Crippen LogP contribution is 2.47. The lowest BCUT2D eigenvalue weighted by atomic mass is 10.3. The fraction of sp³-hybridized carbons (Fsp3) is 0.188. The molecule has 0 aliphatic carbocycles. The summed E-state index contributed by atoms with van der Waals surface area (Å²) in [6, 6.07) is 9.71. The Morgan fingerprint density at radius 1 is 0.960 bits per heavy atom. The summed E-state index contributed by atoms with van der Waals surface area (Å²) in [5.74, 6) is -1.29. The molecule has 1 N–H and O–H groups in total. The first kappa shape index (κ1) is 18.9. The number of methoxy groups -OCH3 is 1. The summed E-state index contributed by atoms with van der Waals surface area (Å²) in [7, 11) is -2.61. The minimum absolute atomic E-state index is 0.117. The highest BCUT2D eigenvalue weighted by molar-refractivity contribution is 7.54. The summed E-state index contributed by atoms with van der Waals surface area (Å²) in [6.07, 6.45) is -0.323. The zero-order chi connectivity index (χ0) is 18.3. The van der Waals surface area contributed by atoms with Gasteiger partial charge in [-0.15, -0.1) is 0 Å². The highest BCUT2D eigenvalue weighted by atomic mass is 31.2. The zero-order valence-electron chi connectivity index (χ0n) is 13.3. The van der Waals surface area contributed by atoms with Gasteiger partial charge >= 0.3 is 13.6 Å². The van der Waals surface area contributed by atoms with Crippen molar-refractivity contribution in [2.75, 3.05) is 19.9 Å². The number of nitrogens with one attached hydrogen (secondary N) is 1. The molecule has 0 bridgehead atoms. The molecule has 0 fully saturated rings. The van der Waals surface area contributed by atoms with Crippen molar-refractivity contribution in [3.05, 3.63) is 60.2 Å². The van der Waals surface area contributed by atoms with E-state index in [4.69, 9.17) is 9.05 Å². The second-order valence-electron chi connectivity index (χ2n) is 4.86. The Morgan fingerprint density at radius 3 is 1.80 bits per heavy atom. The molecule has 0 heterocycles. The lowest BCUT2D eigenvalue weighted by Gasteiger charge is -2.20. The summed E-state index contributed by atoms with van der Waals surface area (Å²) in [5, 5.41) is 2.60. The summed E-state index contributed by atoms with van der Waals surface area (Å²) in [6.45, 7) is -0.208. The van der Waals surface area contributed by atoms with E-state index in [9.17, 15) is 18.1 Å². The van der Waals surface area contributed by atoms with Gasteiger partial charge in [-0.3, -0.25) is 10.1 Å². The average molecular weight is 371 g/mol. The summed E-state index contributed by atoms with van der Waals surface area (Å²) >= 11 is 0. The molecule has 0 aliphatic heterocycles. The molecule has 0 atom stereocenters. The molecule has 0 aliphatic rings. The maximum Gasteiger partial charge on any atom is 0.444 e. The van der Waals surface area contributed by atoms with Crippen LogP contribution in [0, 0.1) is 11.6 Å². The number of carbonyl (C=O) groups excluding carboxylic acids is 1. The van der Waals surface area contributed by atoms with Crippen LogP contribution in [0.3, 0.4) is 0 Å². The Morgan fingerprint density at radius 2 is 1.40 bits per heavy atom. The Hall–Kier alpha value is -2.44. The second kappa shape index (κ2) is 8.60. The van der Waals surface area contributed by atoms with Gasteiger partial charge in [-0.1, -0.05) is 0 Å². The number of hydrogen-bond acceptors (Lipinski definition) is 6. The summed E-state index contributed by atoms with van der Waals surface area (Å²) < 4.78 is 54.1. The van der Waals surface area contributed by atoms with Gasteiger partial charge in [-0.25, -0.2) is 13.3 Å². The van der Waals surface area contributed by atoms with Crippen LogP contribution in [-0.4, -0.2) is 25.9 Å². The van der Waals surface area contributed by atoms with Crippen LogP contribution in [0.4, 0.5) is 8.78 Å². The van der Waals surface area contributed by atoms with Crippen LogP contribution < -0.4 is 14.4 Å². The van der Waals surface area contributed by atoms with Crippen molar-refractivity contribution in [2.45, 2.75) is 0 Å². The van der Waals surface area contributed by atoms with Gasteiger partial charge in [-0.2, -0.15) is 0 Å². The molecular weight excluding hydrogens is 355 g/mol. The molecular formula is C16H16F2NO5P. The molecule has 0 spiro atoms. The molecule has 0 aromatic heterocycles. The first-order chi connectivity index (χ1) is 11.9. The largest absolute Gasteiger partial charge is 0.468 e. The summed E-state index contributed by atoms with van der Waals surface area (Å²) in [5.41, 5.74) is 0. The van der Waals surface area contributed by atoms with Crippen LogP contribution in [0.25, 0.3) is 0 Å². The van der Waals surface area contributed by atoms with E-state index in [0.717, 1.165) is 24.3 Å². The van der Waals surface area contributed by atoms with Crippen molar-refractivity contribution < 1.29 is 31.9 Å². The van der Waals surface area contributed by atoms with Gasteiger partial charge in [-0.05, 0) is 48.5 Å². The van der Waals surface area contributed by atoms with Crippen LogP contribution in [0.15, 0.2) is 48.5 Å². The van der Waals surface area contributed by atoms with Crippen molar-refractivity contribution in [1.82, 2.24) is 5.32 Å². The molecule has 2 rings (SSSR count). The van der Waals surface area contributed by atoms with Gasteiger partial charge in [0.25, 0.3) is 0 Å². The molecule has 0 amide bonds. The molecule has 25 heavy (non-hydrogen) atoms. The number of halogens is 2. The van der Waals surface area contributed by atoms with Crippen LogP contribution in [0.5, 0.6) is 11.5 Å². The third kappa shape index (κ3) is 6.17. The monoisotopic (exact) mass is 371 g/mol. The first-order valence-electron chi connectivity index (χ1n) is 7.17. The maximum absolute atomic E-state index is 13.0. The van der Waals surface area contributed by atoms with Crippen LogP contribution >= 0.6 is 7.60 Å². The minimum atomic E-state index is -3.82. The number of esters is 1. The molecule has 0 saturated heterocycles. The predicted octanol–water partition coefficient (Wildman–Crippen LogP) is 3.34. The highest BCUT2D eigenvalue weighted by Gasteiger charge is 2.28. The van der Waals surface area contributed by atoms with E-state index in [1.807, 2.05) is 0 Å². The zero-order valence-corrected chi connectivity index (χ0v) is 14.2. The van der Waals surface area contributed by atoms with Crippen LogP contribution in [0.2, 0.25) is 0 Å². The lowest BCUT2D eigenvalue weighted by molar-refractivity contribution is -0.139. The SMILES string of the molecule is COC(=O)CNCP(=O)(Oc1ccc(F)cc1)Oc1ccc(F)cc1. The Bertz CT molecular complexity index is 701. The van der Waals surface area contributed by atoms with Crippen molar-refractivity contribution >= 4 is 13.6 Å². The van der Waals surface area contributed by atoms with Gasteiger partial charge in [0.2, 0.25) is 0 Å². The molecule has 134 valence electrons. The number of hydrogen-bond donors (Lipinski definition) is 1. The normalized spacial score (nSPS) is 11.0. The van der Waals surface area contributed by atoms with Crippen molar-refractivity contribution in [2.24, 2.45) is 0 Å². The minimum Gasteiger partial charge on any atom is -0.468 e. The predicted molar refractivity (Wildman–Crippen MR) is 86.5 cm³/mol. The molecule has 6 nitrogen and oxygen atoms in total. The lowest BCUT2D eigenvalue weighted by Crippen LogP contribution is -2.27. The molecule has 0 saturated carbocycles.